The number of nitrogens with one attached hydrogen (secondary N) is 1. The molecule has 2 N–H and O–H groups in total. The van der Waals surface area contributed by atoms with Crippen LogP contribution in [0.3, 0.4) is 0 Å². The largest absolute Gasteiger partial charge is 0.396 e. The van der Waals surface area contributed by atoms with E-state index in [1.807, 2.05) is 0 Å². The van der Waals surface area contributed by atoms with Crippen LogP contribution in [0.15, 0.2) is 0 Å². The monoisotopic (exact) mass is 313 g/mol. The van der Waals surface area contributed by atoms with Gasteiger partial charge in [0.1, 0.15) is 0 Å². The standard InChI is InChI=1S/C20H43NO/c1-2-21-19-17-15-13-11-9-7-5-3-4-6-8-10-12-14-16-18-20-22/h21-22H,2-20H2,1H3. The smallest absolute Gasteiger partial charge is 0.0431 e. The summed E-state index contributed by atoms with van der Waals surface area (Å²) in [7, 11) is 0. The van der Waals surface area contributed by atoms with Crippen LogP contribution < -0.4 is 5.32 Å². The Morgan fingerprint density at radius 1 is 0.500 bits per heavy atom. The summed E-state index contributed by atoms with van der Waals surface area (Å²) in [6.07, 6.45) is 22.0. The van der Waals surface area contributed by atoms with E-state index in [-0.39, 0.29) is 0 Å². The van der Waals surface area contributed by atoms with Crippen molar-refractivity contribution in [3.63, 3.8) is 0 Å². The lowest BCUT2D eigenvalue weighted by atomic mass is 10.0. The van der Waals surface area contributed by atoms with Crippen molar-refractivity contribution < 1.29 is 5.11 Å². The van der Waals surface area contributed by atoms with Gasteiger partial charge in [0.15, 0.2) is 0 Å². The van der Waals surface area contributed by atoms with Crippen LogP contribution in [0.1, 0.15) is 110 Å². The lowest BCUT2D eigenvalue weighted by molar-refractivity contribution is 0.282. The van der Waals surface area contributed by atoms with E-state index in [9.17, 15) is 0 Å². The van der Waals surface area contributed by atoms with E-state index in [1.54, 1.807) is 0 Å². The number of aliphatic hydroxyl groups is 1. The average molecular weight is 314 g/mol. The van der Waals surface area contributed by atoms with Crippen molar-refractivity contribution in [3.8, 4) is 0 Å². The van der Waals surface area contributed by atoms with E-state index >= 15 is 0 Å². The van der Waals surface area contributed by atoms with Gasteiger partial charge in [-0.3, -0.25) is 0 Å². The van der Waals surface area contributed by atoms with Crippen LogP contribution in [0.25, 0.3) is 0 Å². The molecular formula is C20H43NO. The molecule has 0 aromatic rings. The molecule has 2 nitrogen and oxygen atoms in total. The molecule has 0 bridgehead atoms. The Labute approximate surface area is 140 Å². The minimum absolute atomic E-state index is 0.371. The quantitative estimate of drug-likeness (QED) is 0.294. The fraction of sp³-hybridized carbons (Fsp3) is 1.00. The van der Waals surface area contributed by atoms with E-state index < -0.39 is 0 Å². The predicted molar refractivity (Wildman–Crippen MR) is 99.5 cm³/mol. The van der Waals surface area contributed by atoms with Crippen molar-refractivity contribution in [1.29, 1.82) is 0 Å². The summed E-state index contributed by atoms with van der Waals surface area (Å²) >= 11 is 0. The van der Waals surface area contributed by atoms with Crippen molar-refractivity contribution in [2.45, 2.75) is 110 Å². The molecule has 0 aliphatic carbocycles. The lowest BCUT2D eigenvalue weighted by Gasteiger charge is -2.04. The highest BCUT2D eigenvalue weighted by molar-refractivity contribution is 4.51. The van der Waals surface area contributed by atoms with E-state index in [1.165, 1.54) is 103 Å². The second kappa shape index (κ2) is 20.9. The Kier molecular flexibility index (Phi) is 20.8. The van der Waals surface area contributed by atoms with Crippen LogP contribution in [-0.4, -0.2) is 24.8 Å². The third kappa shape index (κ3) is 19.9. The maximum Gasteiger partial charge on any atom is 0.0431 e. The molecule has 0 aromatic carbocycles. The summed E-state index contributed by atoms with van der Waals surface area (Å²) in [5.74, 6) is 0. The van der Waals surface area contributed by atoms with Crippen molar-refractivity contribution in [3.05, 3.63) is 0 Å². The number of aliphatic hydroxyl groups excluding tert-OH is 1. The fourth-order valence-corrected chi connectivity index (χ4v) is 3.01. The molecule has 0 unspecified atom stereocenters. The molecule has 0 amide bonds. The van der Waals surface area contributed by atoms with Crippen LogP contribution in [0.2, 0.25) is 0 Å². The van der Waals surface area contributed by atoms with E-state index in [0.717, 1.165) is 13.0 Å². The van der Waals surface area contributed by atoms with Gasteiger partial charge < -0.3 is 10.4 Å². The molecule has 0 atom stereocenters. The summed E-state index contributed by atoms with van der Waals surface area (Å²) < 4.78 is 0. The fourth-order valence-electron chi connectivity index (χ4n) is 3.01. The van der Waals surface area contributed by atoms with Gasteiger partial charge in [-0.2, -0.15) is 0 Å². The van der Waals surface area contributed by atoms with Crippen LogP contribution in [0.5, 0.6) is 0 Å². The maximum absolute atomic E-state index is 8.70. The minimum Gasteiger partial charge on any atom is -0.396 e. The molecule has 0 rings (SSSR count). The van der Waals surface area contributed by atoms with Crippen molar-refractivity contribution in [2.75, 3.05) is 19.7 Å². The zero-order valence-electron chi connectivity index (χ0n) is 15.4. The highest BCUT2D eigenvalue weighted by Crippen LogP contribution is 2.13. The Morgan fingerprint density at radius 3 is 1.14 bits per heavy atom. The van der Waals surface area contributed by atoms with Crippen LogP contribution in [0, 0.1) is 0 Å². The number of unbranched alkanes of at least 4 members (excludes halogenated alkanes) is 15. The molecule has 0 spiro atoms. The second-order valence-electron chi connectivity index (χ2n) is 6.73. The van der Waals surface area contributed by atoms with E-state index in [0.29, 0.717) is 6.61 Å². The predicted octanol–water partition coefficient (Wildman–Crippen LogP) is 5.83. The molecule has 134 valence electrons. The molecule has 0 aromatic heterocycles. The second-order valence-corrected chi connectivity index (χ2v) is 6.73. The maximum atomic E-state index is 8.70. The number of hydrogen-bond donors (Lipinski definition) is 2. The van der Waals surface area contributed by atoms with E-state index in [2.05, 4.69) is 12.2 Å². The summed E-state index contributed by atoms with van der Waals surface area (Å²) in [6, 6.07) is 0. The van der Waals surface area contributed by atoms with Gasteiger partial charge in [-0.1, -0.05) is 96.8 Å². The number of rotatable bonds is 19. The molecule has 0 aliphatic heterocycles. The topological polar surface area (TPSA) is 32.3 Å². The summed E-state index contributed by atoms with van der Waals surface area (Å²) in [4.78, 5) is 0. The van der Waals surface area contributed by atoms with Gasteiger partial charge in [-0.25, -0.2) is 0 Å². The summed E-state index contributed by atoms with van der Waals surface area (Å²) in [5.41, 5.74) is 0. The zero-order valence-corrected chi connectivity index (χ0v) is 15.4. The molecule has 0 heterocycles. The normalized spacial score (nSPS) is 11.2. The Hall–Kier alpha value is -0.0800. The molecular weight excluding hydrogens is 270 g/mol. The van der Waals surface area contributed by atoms with Gasteiger partial charge in [0.05, 0.1) is 0 Å². The molecule has 0 saturated heterocycles. The van der Waals surface area contributed by atoms with E-state index in [4.69, 9.17) is 5.11 Å². The van der Waals surface area contributed by atoms with Gasteiger partial charge in [-0.15, -0.1) is 0 Å². The summed E-state index contributed by atoms with van der Waals surface area (Å²) in [5, 5.41) is 12.1. The number of hydrogen-bond acceptors (Lipinski definition) is 2. The Bertz CT molecular complexity index is 165. The lowest BCUT2D eigenvalue weighted by Crippen LogP contribution is -2.13. The first kappa shape index (κ1) is 21.9. The molecule has 0 saturated carbocycles. The highest BCUT2D eigenvalue weighted by atomic mass is 16.2. The van der Waals surface area contributed by atoms with Gasteiger partial charge in [-0.05, 0) is 25.9 Å². The van der Waals surface area contributed by atoms with Crippen molar-refractivity contribution in [1.82, 2.24) is 5.32 Å². The third-order valence-electron chi connectivity index (χ3n) is 4.51. The molecule has 0 aliphatic rings. The Morgan fingerprint density at radius 2 is 0.818 bits per heavy atom. The van der Waals surface area contributed by atoms with Gasteiger partial charge in [0.25, 0.3) is 0 Å². The average Bonchev–Trinajstić information content (AvgIpc) is 2.54. The van der Waals surface area contributed by atoms with Crippen LogP contribution in [0.4, 0.5) is 0 Å². The third-order valence-corrected chi connectivity index (χ3v) is 4.51. The first-order valence-electron chi connectivity index (χ1n) is 10.2. The summed E-state index contributed by atoms with van der Waals surface area (Å²) in [6.45, 7) is 4.87. The minimum atomic E-state index is 0.371. The SMILES string of the molecule is CCNCCCCCCCCCCCCCCCCCCO. The molecule has 22 heavy (non-hydrogen) atoms. The molecule has 2 heteroatoms. The van der Waals surface area contributed by atoms with Crippen LogP contribution in [-0.2, 0) is 0 Å². The Balaban J connectivity index is 2.91. The van der Waals surface area contributed by atoms with Gasteiger partial charge in [0, 0.05) is 6.61 Å². The van der Waals surface area contributed by atoms with Crippen molar-refractivity contribution in [2.24, 2.45) is 0 Å². The first-order valence-corrected chi connectivity index (χ1v) is 10.2. The zero-order chi connectivity index (χ0) is 16.1. The highest BCUT2D eigenvalue weighted by Gasteiger charge is 1.94. The van der Waals surface area contributed by atoms with Gasteiger partial charge in [0.2, 0.25) is 0 Å². The molecule has 0 radical (unpaired) electrons. The van der Waals surface area contributed by atoms with Crippen molar-refractivity contribution >= 4 is 0 Å². The van der Waals surface area contributed by atoms with Crippen LogP contribution >= 0.6 is 0 Å². The molecule has 0 fully saturated rings. The van der Waals surface area contributed by atoms with Gasteiger partial charge >= 0.3 is 0 Å². The first-order chi connectivity index (χ1) is 10.9.